The van der Waals surface area contributed by atoms with E-state index in [9.17, 15) is 24.2 Å². The summed E-state index contributed by atoms with van der Waals surface area (Å²) in [6.45, 7) is 6.92. The summed E-state index contributed by atoms with van der Waals surface area (Å²) in [7, 11) is -3.30. The average Bonchev–Trinajstić information content (AvgIpc) is 2.62. The average molecular weight is 433 g/mol. The quantitative estimate of drug-likeness (QED) is 0.311. The van der Waals surface area contributed by atoms with E-state index in [0.717, 1.165) is 25.7 Å². The van der Waals surface area contributed by atoms with Gasteiger partial charge >= 0.3 is 0 Å². The summed E-state index contributed by atoms with van der Waals surface area (Å²) in [6, 6.07) is -1.54. The zero-order valence-electron chi connectivity index (χ0n) is 18.2. The van der Waals surface area contributed by atoms with Crippen molar-refractivity contribution in [3.63, 3.8) is 0 Å². The number of nitrogens with two attached hydrogens (primary N) is 1. The third-order valence-electron chi connectivity index (χ3n) is 5.43. The van der Waals surface area contributed by atoms with Crippen LogP contribution in [0.3, 0.4) is 0 Å². The van der Waals surface area contributed by atoms with Crippen molar-refractivity contribution in [2.45, 2.75) is 71.9 Å². The first-order valence-corrected chi connectivity index (χ1v) is 12.7. The van der Waals surface area contributed by atoms with Gasteiger partial charge in [0.05, 0.1) is 12.6 Å². The molecule has 0 bridgehead atoms. The molecule has 0 radical (unpaired) electrons. The van der Waals surface area contributed by atoms with Crippen LogP contribution in [0.5, 0.6) is 0 Å². The number of nitrogens with one attached hydrogen (secondary N) is 2. The molecule has 168 valence electrons. The Morgan fingerprint density at radius 2 is 1.59 bits per heavy atom. The Kier molecular flexibility index (Phi) is 10.7. The Morgan fingerprint density at radius 1 is 1.00 bits per heavy atom. The summed E-state index contributed by atoms with van der Waals surface area (Å²) in [4.78, 5) is 57.4. The highest BCUT2D eigenvalue weighted by Crippen LogP contribution is 2.52. The molecule has 0 aliphatic heterocycles. The third-order valence-corrected chi connectivity index (χ3v) is 7.39. The lowest BCUT2D eigenvalue weighted by Gasteiger charge is -2.25. The summed E-state index contributed by atoms with van der Waals surface area (Å²) in [6.07, 6.45) is 5.28. The first kappa shape index (κ1) is 26.0. The Balaban J connectivity index is 2.52. The van der Waals surface area contributed by atoms with E-state index in [2.05, 4.69) is 10.6 Å². The molecule has 6 N–H and O–H groups in total. The number of Topliss-reactive ketones (excluding diaryl/α,β-unsaturated/α-hetero) is 1. The van der Waals surface area contributed by atoms with Crippen LogP contribution in [0, 0.1) is 17.8 Å². The monoisotopic (exact) mass is 432 g/mol. The van der Waals surface area contributed by atoms with Crippen molar-refractivity contribution >= 4 is 25.3 Å². The number of amides is 2. The second-order valence-corrected chi connectivity index (χ2v) is 11.4. The van der Waals surface area contributed by atoms with Crippen molar-refractivity contribution in [3.05, 3.63) is 0 Å². The standard InChI is InChI=1S/C20H38N3O5P/c1-13(2)17(21)19(25)23-18(14(3)4)20(26)22-10-16(24)12-29(27,28)11-15-8-6-5-7-9-15/h13-15,17-18,27-28H,5-12,21H2,1-4H3,(H-,22,23,25,26)/p+1/t17-,18-/m1/s1. The largest absolute Gasteiger partial charge is 0.347 e. The van der Waals surface area contributed by atoms with Gasteiger partial charge in [0.25, 0.3) is 7.72 Å². The van der Waals surface area contributed by atoms with Gasteiger partial charge in [0.1, 0.15) is 12.2 Å². The fraction of sp³-hybridized carbons (Fsp3) is 0.850. The van der Waals surface area contributed by atoms with Crippen LogP contribution >= 0.6 is 7.72 Å². The molecule has 0 spiro atoms. The first-order valence-electron chi connectivity index (χ1n) is 10.6. The fourth-order valence-electron chi connectivity index (χ4n) is 3.57. The van der Waals surface area contributed by atoms with Crippen LogP contribution in [0.2, 0.25) is 0 Å². The Hall–Kier alpha value is -1.08. The normalized spacial score (nSPS) is 17.8. The van der Waals surface area contributed by atoms with E-state index in [1.807, 2.05) is 13.8 Å². The van der Waals surface area contributed by atoms with E-state index in [0.29, 0.717) is 0 Å². The highest BCUT2D eigenvalue weighted by atomic mass is 31.2. The fourth-order valence-corrected chi connectivity index (χ4v) is 5.57. The van der Waals surface area contributed by atoms with Crippen LogP contribution < -0.4 is 16.4 Å². The van der Waals surface area contributed by atoms with E-state index in [-0.39, 0.29) is 36.6 Å². The molecule has 1 saturated carbocycles. The number of ketones is 1. The number of hydrogen-bond donors (Lipinski definition) is 5. The maximum Gasteiger partial charge on any atom is 0.275 e. The lowest BCUT2D eigenvalue weighted by molar-refractivity contribution is -0.131. The van der Waals surface area contributed by atoms with Crippen molar-refractivity contribution in [2.75, 3.05) is 18.9 Å². The van der Waals surface area contributed by atoms with Gasteiger partial charge in [-0.15, -0.1) is 0 Å². The molecule has 1 aliphatic rings. The van der Waals surface area contributed by atoms with Crippen LogP contribution in [-0.2, 0) is 14.4 Å². The number of hydrogen-bond acceptors (Lipinski definition) is 6. The van der Waals surface area contributed by atoms with E-state index >= 15 is 0 Å². The smallest absolute Gasteiger partial charge is 0.275 e. The SMILES string of the molecule is CC(C)[C@@H](N)C(=O)N[C@@H](C(=O)NCC(=O)C[P+](O)(O)CC1CCCCC1)C(C)C. The van der Waals surface area contributed by atoms with Gasteiger partial charge in [0.2, 0.25) is 11.8 Å². The second-order valence-electron chi connectivity index (χ2n) is 8.98. The Morgan fingerprint density at radius 3 is 2.10 bits per heavy atom. The van der Waals surface area contributed by atoms with Crippen LogP contribution in [0.25, 0.3) is 0 Å². The van der Waals surface area contributed by atoms with Crippen molar-refractivity contribution < 1.29 is 24.2 Å². The molecular weight excluding hydrogens is 393 g/mol. The van der Waals surface area contributed by atoms with Gasteiger partial charge in [-0.05, 0) is 30.6 Å². The topological polar surface area (TPSA) is 142 Å². The van der Waals surface area contributed by atoms with Crippen molar-refractivity contribution in [1.82, 2.24) is 10.6 Å². The van der Waals surface area contributed by atoms with Crippen molar-refractivity contribution in [3.8, 4) is 0 Å². The molecule has 2 atom stereocenters. The van der Waals surface area contributed by atoms with Crippen molar-refractivity contribution in [2.24, 2.45) is 23.5 Å². The summed E-state index contributed by atoms with van der Waals surface area (Å²) < 4.78 is 0. The summed E-state index contributed by atoms with van der Waals surface area (Å²) in [5.41, 5.74) is 5.83. The molecule has 1 aliphatic carbocycles. The highest BCUT2D eigenvalue weighted by molar-refractivity contribution is 7.65. The van der Waals surface area contributed by atoms with Crippen LogP contribution in [0.15, 0.2) is 0 Å². The highest BCUT2D eigenvalue weighted by Gasteiger charge is 2.39. The molecular formula is C20H39N3O5P+. The summed E-state index contributed by atoms with van der Waals surface area (Å²) in [5.74, 6) is -1.31. The number of rotatable bonds is 11. The molecule has 1 rings (SSSR count). The van der Waals surface area contributed by atoms with Gasteiger partial charge in [-0.3, -0.25) is 14.4 Å². The summed E-state index contributed by atoms with van der Waals surface area (Å²) in [5, 5.41) is 5.16. The minimum absolute atomic E-state index is 0.0668. The van der Waals surface area contributed by atoms with Gasteiger partial charge in [-0.1, -0.05) is 47.0 Å². The molecule has 0 aromatic heterocycles. The minimum Gasteiger partial charge on any atom is -0.347 e. The van der Waals surface area contributed by atoms with Crippen molar-refractivity contribution in [1.29, 1.82) is 0 Å². The van der Waals surface area contributed by atoms with Gasteiger partial charge < -0.3 is 16.4 Å². The van der Waals surface area contributed by atoms with E-state index in [4.69, 9.17) is 5.73 Å². The van der Waals surface area contributed by atoms with Crippen LogP contribution in [0.1, 0.15) is 59.8 Å². The Labute approximate surface area is 174 Å². The molecule has 1 fully saturated rings. The molecule has 9 heteroatoms. The zero-order chi connectivity index (χ0) is 22.2. The second kappa shape index (κ2) is 11.9. The number of carbonyl (C=O) groups is 3. The molecule has 0 aromatic rings. The molecule has 0 unspecified atom stereocenters. The molecule has 2 amide bonds. The van der Waals surface area contributed by atoms with Crippen LogP contribution in [0.4, 0.5) is 0 Å². The molecule has 0 saturated heterocycles. The molecule has 0 aromatic carbocycles. The molecule has 29 heavy (non-hydrogen) atoms. The zero-order valence-corrected chi connectivity index (χ0v) is 19.1. The lowest BCUT2D eigenvalue weighted by Crippen LogP contribution is -2.55. The van der Waals surface area contributed by atoms with Gasteiger partial charge in [0.15, 0.2) is 11.9 Å². The Bertz CT molecular complexity index is 562. The predicted molar refractivity (Wildman–Crippen MR) is 115 cm³/mol. The first-order chi connectivity index (χ1) is 13.4. The number of carbonyl (C=O) groups excluding carboxylic acids is 3. The van der Waals surface area contributed by atoms with E-state index < -0.39 is 37.4 Å². The molecule has 0 heterocycles. The predicted octanol–water partition coefficient (Wildman–Crippen LogP) is 1.21. The maximum absolute atomic E-state index is 12.5. The minimum atomic E-state index is -3.30. The maximum atomic E-state index is 12.5. The molecule has 8 nitrogen and oxygen atoms in total. The van der Waals surface area contributed by atoms with E-state index in [1.165, 1.54) is 6.42 Å². The van der Waals surface area contributed by atoms with Gasteiger partial charge in [-0.2, -0.15) is 0 Å². The third kappa shape index (κ3) is 9.51. The van der Waals surface area contributed by atoms with Crippen LogP contribution in [-0.4, -0.2) is 58.3 Å². The van der Waals surface area contributed by atoms with E-state index in [1.54, 1.807) is 13.8 Å². The van der Waals surface area contributed by atoms with Gasteiger partial charge in [0, 0.05) is 0 Å². The van der Waals surface area contributed by atoms with Gasteiger partial charge in [-0.25, -0.2) is 9.79 Å². The summed E-state index contributed by atoms with van der Waals surface area (Å²) >= 11 is 0. The lowest BCUT2D eigenvalue weighted by atomic mass is 9.91.